The van der Waals surface area contributed by atoms with Crippen molar-refractivity contribution in [1.82, 2.24) is 5.32 Å². The molecule has 2 unspecified atom stereocenters. The van der Waals surface area contributed by atoms with Crippen LogP contribution in [-0.4, -0.2) is 13.1 Å². The molecule has 1 N–H and O–H groups in total. The van der Waals surface area contributed by atoms with Gasteiger partial charge < -0.3 is 5.32 Å². The number of rotatable bonds is 2. The Balaban J connectivity index is 1.94. The Bertz CT molecular complexity index is 627. The average Bonchev–Trinajstić information content (AvgIpc) is 2.51. The second-order valence-corrected chi connectivity index (χ2v) is 7.16. The van der Waals surface area contributed by atoms with Crippen molar-refractivity contribution in [3.8, 4) is 0 Å². The van der Waals surface area contributed by atoms with E-state index < -0.39 is 0 Å². The van der Waals surface area contributed by atoms with Crippen LogP contribution < -0.4 is 5.32 Å². The monoisotopic (exact) mass is 383 g/mol. The summed E-state index contributed by atoms with van der Waals surface area (Å²) in [5.41, 5.74) is 2.64. The van der Waals surface area contributed by atoms with Crippen molar-refractivity contribution in [3.05, 3.63) is 68.1 Å². The third-order valence-corrected chi connectivity index (χ3v) is 5.42. The van der Waals surface area contributed by atoms with Crippen LogP contribution in [0.2, 0.25) is 10.0 Å². The molecule has 2 aromatic rings. The van der Waals surface area contributed by atoms with E-state index in [9.17, 15) is 0 Å². The number of nitrogens with one attached hydrogen (secondary N) is 1. The van der Waals surface area contributed by atoms with Gasteiger partial charge >= 0.3 is 0 Å². The van der Waals surface area contributed by atoms with E-state index in [1.54, 1.807) is 0 Å². The zero-order valence-corrected chi connectivity index (χ0v) is 14.5. The van der Waals surface area contributed by atoms with Gasteiger partial charge in [0, 0.05) is 16.9 Å². The van der Waals surface area contributed by atoms with Crippen LogP contribution >= 0.6 is 39.1 Å². The predicted molar refractivity (Wildman–Crippen MR) is 93.6 cm³/mol. The van der Waals surface area contributed by atoms with E-state index in [4.69, 9.17) is 23.2 Å². The average molecular weight is 385 g/mol. The molecule has 0 saturated carbocycles. The van der Waals surface area contributed by atoms with Gasteiger partial charge in [0.15, 0.2) is 0 Å². The van der Waals surface area contributed by atoms with Crippen LogP contribution in [0, 0.1) is 0 Å². The summed E-state index contributed by atoms with van der Waals surface area (Å²) in [6, 6.07) is 14.6. The van der Waals surface area contributed by atoms with Gasteiger partial charge in [-0.25, -0.2) is 0 Å². The molecular weight excluding hydrogens is 369 g/mol. The summed E-state index contributed by atoms with van der Waals surface area (Å²) >= 11 is 15.7. The van der Waals surface area contributed by atoms with Crippen molar-refractivity contribution in [2.75, 3.05) is 13.1 Å². The SMILES string of the molecule is Clc1ccc(C2CCNCC2c2ccc(Br)cc2)cc1Cl. The van der Waals surface area contributed by atoms with Crippen LogP contribution in [0.5, 0.6) is 0 Å². The van der Waals surface area contributed by atoms with Gasteiger partial charge in [-0.3, -0.25) is 0 Å². The molecule has 0 amide bonds. The molecule has 1 aliphatic heterocycles. The summed E-state index contributed by atoms with van der Waals surface area (Å²) in [5, 5.41) is 4.76. The standard InChI is InChI=1S/C17H16BrCl2N/c18-13-4-1-11(2-5-13)15-10-21-8-7-14(15)12-3-6-16(19)17(20)9-12/h1-6,9,14-15,21H,7-8,10H2. The third-order valence-electron chi connectivity index (χ3n) is 4.15. The first kappa shape index (κ1) is 15.4. The zero-order chi connectivity index (χ0) is 14.8. The summed E-state index contributed by atoms with van der Waals surface area (Å²) in [6.45, 7) is 2.03. The Hall–Kier alpha value is -0.540. The highest BCUT2D eigenvalue weighted by molar-refractivity contribution is 9.10. The Morgan fingerprint density at radius 3 is 2.33 bits per heavy atom. The normalized spacial score (nSPS) is 22.2. The molecule has 1 heterocycles. The molecule has 0 bridgehead atoms. The molecule has 1 fully saturated rings. The highest BCUT2D eigenvalue weighted by Crippen LogP contribution is 2.39. The van der Waals surface area contributed by atoms with Crippen molar-refractivity contribution >= 4 is 39.1 Å². The number of halogens is 3. The maximum atomic E-state index is 6.19. The topological polar surface area (TPSA) is 12.0 Å². The van der Waals surface area contributed by atoms with Crippen LogP contribution in [-0.2, 0) is 0 Å². The molecule has 0 aromatic heterocycles. The van der Waals surface area contributed by atoms with E-state index in [1.807, 2.05) is 12.1 Å². The Kier molecular flexibility index (Phi) is 4.90. The number of piperidine rings is 1. The fraction of sp³-hybridized carbons (Fsp3) is 0.294. The second kappa shape index (κ2) is 6.70. The first-order chi connectivity index (χ1) is 10.1. The summed E-state index contributed by atoms with van der Waals surface area (Å²) in [4.78, 5) is 0. The van der Waals surface area contributed by atoms with Gasteiger partial charge in [0.25, 0.3) is 0 Å². The van der Waals surface area contributed by atoms with Crippen molar-refractivity contribution in [2.24, 2.45) is 0 Å². The molecule has 1 aliphatic rings. The molecule has 3 rings (SSSR count). The van der Waals surface area contributed by atoms with E-state index in [1.165, 1.54) is 11.1 Å². The Labute approximate surface area is 143 Å². The molecule has 1 nitrogen and oxygen atoms in total. The summed E-state index contributed by atoms with van der Waals surface area (Å²) in [7, 11) is 0. The molecule has 0 spiro atoms. The molecule has 1 saturated heterocycles. The Morgan fingerprint density at radius 2 is 1.62 bits per heavy atom. The molecule has 0 radical (unpaired) electrons. The minimum absolute atomic E-state index is 0.462. The second-order valence-electron chi connectivity index (χ2n) is 5.43. The molecule has 110 valence electrons. The quantitative estimate of drug-likeness (QED) is 0.708. The van der Waals surface area contributed by atoms with Crippen molar-refractivity contribution in [2.45, 2.75) is 18.3 Å². The van der Waals surface area contributed by atoms with E-state index in [2.05, 4.69) is 51.6 Å². The maximum Gasteiger partial charge on any atom is 0.0595 e. The lowest BCUT2D eigenvalue weighted by Gasteiger charge is -2.33. The first-order valence-electron chi connectivity index (χ1n) is 7.06. The van der Waals surface area contributed by atoms with Crippen LogP contribution in [0.3, 0.4) is 0 Å². The third kappa shape index (κ3) is 3.45. The minimum Gasteiger partial charge on any atom is -0.316 e. The van der Waals surface area contributed by atoms with Gasteiger partial charge in [0.1, 0.15) is 0 Å². The van der Waals surface area contributed by atoms with Gasteiger partial charge in [0.05, 0.1) is 10.0 Å². The molecule has 0 aliphatic carbocycles. The minimum atomic E-state index is 0.462. The number of benzene rings is 2. The molecule has 2 atom stereocenters. The smallest absolute Gasteiger partial charge is 0.0595 e. The number of hydrogen-bond donors (Lipinski definition) is 1. The van der Waals surface area contributed by atoms with Crippen LogP contribution in [0.25, 0.3) is 0 Å². The summed E-state index contributed by atoms with van der Waals surface area (Å²) < 4.78 is 1.11. The van der Waals surface area contributed by atoms with Gasteiger partial charge in [-0.15, -0.1) is 0 Å². The van der Waals surface area contributed by atoms with Crippen molar-refractivity contribution in [3.63, 3.8) is 0 Å². The van der Waals surface area contributed by atoms with E-state index in [0.29, 0.717) is 21.9 Å². The lowest BCUT2D eigenvalue weighted by molar-refractivity contribution is 0.404. The highest BCUT2D eigenvalue weighted by atomic mass is 79.9. The summed E-state index contributed by atoms with van der Waals surface area (Å²) in [6.07, 6.45) is 1.11. The van der Waals surface area contributed by atoms with Crippen LogP contribution in [0.4, 0.5) is 0 Å². The number of hydrogen-bond acceptors (Lipinski definition) is 1. The highest BCUT2D eigenvalue weighted by Gasteiger charge is 2.28. The van der Waals surface area contributed by atoms with Crippen molar-refractivity contribution < 1.29 is 0 Å². The van der Waals surface area contributed by atoms with Gasteiger partial charge in [-0.1, -0.05) is 57.3 Å². The fourth-order valence-corrected chi connectivity index (χ4v) is 3.63. The van der Waals surface area contributed by atoms with E-state index >= 15 is 0 Å². The lowest BCUT2D eigenvalue weighted by Crippen LogP contribution is -2.34. The molecular formula is C17H16BrCl2N. The zero-order valence-electron chi connectivity index (χ0n) is 11.5. The molecule has 21 heavy (non-hydrogen) atoms. The van der Waals surface area contributed by atoms with Gasteiger partial charge in [-0.2, -0.15) is 0 Å². The van der Waals surface area contributed by atoms with Crippen molar-refractivity contribution in [1.29, 1.82) is 0 Å². The molecule has 2 aromatic carbocycles. The summed E-state index contributed by atoms with van der Waals surface area (Å²) in [5.74, 6) is 0.936. The predicted octanol–water partition coefficient (Wildman–Crippen LogP) is 5.62. The largest absolute Gasteiger partial charge is 0.316 e. The van der Waals surface area contributed by atoms with E-state index in [-0.39, 0.29) is 0 Å². The van der Waals surface area contributed by atoms with Gasteiger partial charge in [-0.05, 0) is 54.3 Å². The fourth-order valence-electron chi connectivity index (χ4n) is 3.06. The first-order valence-corrected chi connectivity index (χ1v) is 8.61. The van der Waals surface area contributed by atoms with Crippen LogP contribution in [0.15, 0.2) is 46.9 Å². The van der Waals surface area contributed by atoms with Crippen LogP contribution in [0.1, 0.15) is 29.4 Å². The Morgan fingerprint density at radius 1 is 0.905 bits per heavy atom. The lowest BCUT2D eigenvalue weighted by atomic mass is 9.77. The van der Waals surface area contributed by atoms with Gasteiger partial charge in [0.2, 0.25) is 0 Å². The van der Waals surface area contributed by atoms with E-state index in [0.717, 1.165) is 24.0 Å². The molecule has 4 heteroatoms. The maximum absolute atomic E-state index is 6.19.